The van der Waals surface area contributed by atoms with Crippen LogP contribution in [0.15, 0.2) is 62.2 Å². The molecule has 5 aromatic rings. The van der Waals surface area contributed by atoms with Crippen molar-refractivity contribution in [3.63, 3.8) is 0 Å². The van der Waals surface area contributed by atoms with Crippen LogP contribution in [0.1, 0.15) is 0 Å². The van der Waals surface area contributed by atoms with Gasteiger partial charge in [0, 0.05) is 22.7 Å². The number of phenols is 4. The van der Waals surface area contributed by atoms with Gasteiger partial charge in [-0.1, -0.05) is 11.6 Å². The molecule has 0 fully saturated rings. The van der Waals surface area contributed by atoms with E-state index in [2.05, 4.69) is 4.98 Å². The quantitative estimate of drug-likeness (QED) is 0.154. The third-order valence-corrected chi connectivity index (χ3v) is 4.75. The van der Waals surface area contributed by atoms with Crippen LogP contribution in [0.25, 0.3) is 33.4 Å². The Bertz CT molecular complexity index is 1580. The fourth-order valence-corrected chi connectivity index (χ4v) is 3.19. The van der Waals surface area contributed by atoms with E-state index in [1.165, 1.54) is 6.07 Å². The minimum atomic E-state index is -0.888. The van der Waals surface area contributed by atoms with Gasteiger partial charge < -0.3 is 39.5 Å². The Morgan fingerprint density at radius 1 is 0.765 bits per heavy atom. The van der Waals surface area contributed by atoms with Crippen LogP contribution < -0.4 is 5.43 Å². The van der Waals surface area contributed by atoms with Crippen LogP contribution in [0.3, 0.4) is 0 Å². The number of aromatic nitrogens is 1. The van der Waals surface area contributed by atoms with E-state index >= 15 is 0 Å². The van der Waals surface area contributed by atoms with Crippen LogP contribution in [0.4, 0.5) is 0 Å². The maximum absolute atomic E-state index is 12.1. The van der Waals surface area contributed by atoms with E-state index in [0.717, 1.165) is 24.3 Å². The second kappa shape index (κ2) is 9.49. The molecule has 0 aliphatic carbocycles. The molecular weight excluding hydrogens is 465 g/mol. The molecule has 0 amide bonds. The van der Waals surface area contributed by atoms with Gasteiger partial charge in [-0.2, -0.15) is 4.98 Å². The van der Waals surface area contributed by atoms with E-state index in [9.17, 15) is 30.3 Å². The molecule has 0 aliphatic heterocycles. The molecule has 0 spiro atoms. The Balaban J connectivity index is 0.000000227. The summed E-state index contributed by atoms with van der Waals surface area (Å²) < 4.78 is 10.2. The van der Waals surface area contributed by atoms with Crippen LogP contribution in [0.2, 0.25) is 5.02 Å². The van der Waals surface area contributed by atoms with Crippen LogP contribution >= 0.6 is 11.6 Å². The van der Waals surface area contributed by atoms with E-state index in [0.29, 0.717) is 16.1 Å². The standard InChI is InChI=1S/C15H10O7.C7H4ClNO2.Li.H/c16-7-4-10(19)12-11(5-7)22-15(14(21)13(12)20)6-1-2-8(17)9(18)3-6;8-4-1-2-6-5(3-4)9-7(10)11-6;;/h1-5,16-19,21H;1-3H,(H,9,10);;. The van der Waals surface area contributed by atoms with Gasteiger partial charge in [-0.15, -0.1) is 0 Å². The fraction of sp³-hybridized carbons (Fsp3) is 0. The molecule has 0 aliphatic rings. The van der Waals surface area contributed by atoms with E-state index in [4.69, 9.17) is 25.5 Å². The summed E-state index contributed by atoms with van der Waals surface area (Å²) in [4.78, 5) is 15.8. The first-order chi connectivity index (χ1) is 15.6. The van der Waals surface area contributed by atoms with Gasteiger partial charge in [-0.05, 0) is 36.4 Å². The van der Waals surface area contributed by atoms with Crippen LogP contribution in [-0.4, -0.2) is 54.5 Å². The normalized spacial score (nSPS) is 10.5. The molecule has 0 radical (unpaired) electrons. The van der Waals surface area contributed by atoms with E-state index in [-0.39, 0.29) is 58.7 Å². The fourth-order valence-electron chi connectivity index (χ4n) is 3.02. The number of phenolic OH excluding ortho intramolecular Hbond substituents is 4. The third kappa shape index (κ3) is 4.70. The molecule has 10 nitrogen and oxygen atoms in total. The van der Waals surface area contributed by atoms with Crippen molar-refractivity contribution in [2.75, 3.05) is 0 Å². The van der Waals surface area contributed by atoms with Crippen molar-refractivity contribution >= 4 is 52.5 Å². The Kier molecular flexibility index (Phi) is 6.88. The zero-order valence-electron chi connectivity index (χ0n) is 16.4. The summed E-state index contributed by atoms with van der Waals surface area (Å²) in [5, 5.41) is 57.0. The molecule has 0 atom stereocenters. The summed E-state index contributed by atoms with van der Waals surface area (Å²) in [7, 11) is 0. The van der Waals surface area contributed by atoms with Crippen molar-refractivity contribution in [1.82, 2.24) is 4.98 Å². The number of nitrogens with zero attached hydrogens (tertiary/aromatic N) is 1. The molecule has 12 heteroatoms. The monoisotopic (exact) mass is 479 g/mol. The Hall–Kier alpha value is -3.97. The van der Waals surface area contributed by atoms with Gasteiger partial charge in [-0.3, -0.25) is 4.79 Å². The summed E-state index contributed by atoms with van der Waals surface area (Å²) in [6, 6.07) is 10.6. The summed E-state index contributed by atoms with van der Waals surface area (Å²) in [6.45, 7) is 0. The van der Waals surface area contributed by atoms with Gasteiger partial charge in [0.25, 0.3) is 0 Å². The van der Waals surface area contributed by atoms with Crippen molar-refractivity contribution in [2.24, 2.45) is 0 Å². The zero-order valence-corrected chi connectivity index (χ0v) is 17.1. The van der Waals surface area contributed by atoms with Crippen molar-refractivity contribution in [3.8, 4) is 46.1 Å². The van der Waals surface area contributed by atoms with Gasteiger partial charge in [-0.25, -0.2) is 0 Å². The predicted molar refractivity (Wildman–Crippen MR) is 124 cm³/mol. The first-order valence-corrected chi connectivity index (χ1v) is 9.51. The summed E-state index contributed by atoms with van der Waals surface area (Å²) >= 11 is 5.66. The van der Waals surface area contributed by atoms with Gasteiger partial charge in [0.1, 0.15) is 28.0 Å². The SMILES string of the molecule is O=c1c(O)c(-c2ccc(O)c(O)c2)oc2cc(O)cc(O)c12.Oc1nc2cc(Cl)ccc2o1.[LiH]. The minimum absolute atomic E-state index is 0. The first kappa shape index (κ1) is 24.7. The van der Waals surface area contributed by atoms with Gasteiger partial charge in [0.05, 0.1) is 0 Å². The Morgan fingerprint density at radius 3 is 2.21 bits per heavy atom. The molecule has 2 heterocycles. The van der Waals surface area contributed by atoms with Gasteiger partial charge in [0.15, 0.2) is 22.8 Å². The van der Waals surface area contributed by atoms with Crippen LogP contribution in [0, 0.1) is 0 Å². The summed E-state index contributed by atoms with van der Waals surface area (Å²) in [6.07, 6.45) is -0.331. The Labute approximate surface area is 206 Å². The molecule has 0 saturated carbocycles. The van der Waals surface area contributed by atoms with Crippen molar-refractivity contribution in [3.05, 3.63) is 63.8 Å². The average Bonchev–Trinajstić information content (AvgIpc) is 3.12. The molecule has 0 unspecified atom stereocenters. The van der Waals surface area contributed by atoms with Crippen molar-refractivity contribution < 1.29 is 39.5 Å². The number of hydrogen-bond donors (Lipinski definition) is 6. The second-order valence-corrected chi connectivity index (χ2v) is 7.20. The number of aromatic hydroxyl groups is 6. The number of benzene rings is 3. The number of halogens is 1. The summed E-state index contributed by atoms with van der Waals surface area (Å²) in [5.41, 5.74) is 0.209. The van der Waals surface area contributed by atoms with E-state index in [1.807, 2.05) is 0 Å². The molecule has 0 saturated heterocycles. The molecule has 34 heavy (non-hydrogen) atoms. The third-order valence-electron chi connectivity index (χ3n) is 4.51. The number of hydrogen-bond acceptors (Lipinski definition) is 10. The average molecular weight is 480 g/mol. The Morgan fingerprint density at radius 2 is 1.50 bits per heavy atom. The summed E-state index contributed by atoms with van der Waals surface area (Å²) in [5.74, 6) is -2.71. The van der Waals surface area contributed by atoms with Crippen LogP contribution in [-0.2, 0) is 0 Å². The molecule has 3 aromatic carbocycles. The number of fused-ring (bicyclic) bond motifs is 2. The zero-order chi connectivity index (χ0) is 23.9. The maximum atomic E-state index is 12.1. The molecule has 5 rings (SSSR count). The van der Waals surface area contributed by atoms with Gasteiger partial charge >= 0.3 is 24.9 Å². The first-order valence-electron chi connectivity index (χ1n) is 9.13. The number of oxazole rings is 1. The van der Waals surface area contributed by atoms with E-state index < -0.39 is 22.7 Å². The number of rotatable bonds is 1. The predicted octanol–water partition coefficient (Wildman–Crippen LogP) is 3.53. The molecular formula is C22H15ClLiNO9. The van der Waals surface area contributed by atoms with Gasteiger partial charge in [0.2, 0.25) is 11.2 Å². The van der Waals surface area contributed by atoms with E-state index in [1.54, 1.807) is 18.2 Å². The van der Waals surface area contributed by atoms with Crippen molar-refractivity contribution in [1.29, 1.82) is 0 Å². The molecule has 6 N–H and O–H groups in total. The van der Waals surface area contributed by atoms with Crippen LogP contribution in [0.5, 0.6) is 34.8 Å². The second-order valence-electron chi connectivity index (χ2n) is 6.76. The molecule has 0 bridgehead atoms. The molecule has 170 valence electrons. The van der Waals surface area contributed by atoms with Crippen molar-refractivity contribution in [2.45, 2.75) is 0 Å². The molecule has 2 aromatic heterocycles. The topological polar surface area (TPSA) is 178 Å².